The number of allylic oxidation sites excluding steroid dienone is 1. The van der Waals surface area contributed by atoms with Crippen molar-refractivity contribution in [3.63, 3.8) is 0 Å². The molecule has 134 valence electrons. The number of hydrogen-bond donors (Lipinski definition) is 0. The van der Waals surface area contributed by atoms with Crippen LogP contribution >= 0.6 is 11.6 Å². The maximum Gasteiger partial charge on any atom is 0.0998 e. The summed E-state index contributed by atoms with van der Waals surface area (Å²) in [5.74, 6) is 0.491. The predicted octanol–water partition coefficient (Wildman–Crippen LogP) is 6.43. The number of aryl methyl sites for hydroxylation is 1. The van der Waals surface area contributed by atoms with Crippen LogP contribution in [0.4, 0.5) is 5.69 Å². The molecule has 1 aliphatic rings. The first-order valence-electron chi connectivity index (χ1n) is 8.99. The first-order chi connectivity index (χ1) is 12.2. The van der Waals surface area contributed by atoms with Crippen LogP contribution in [-0.2, 0) is 0 Å². The van der Waals surface area contributed by atoms with E-state index >= 15 is 0 Å². The molecule has 0 amide bonds. The minimum atomic E-state index is 0.150. The molecule has 2 aromatic carbocycles. The number of benzene rings is 2. The summed E-state index contributed by atoms with van der Waals surface area (Å²) in [7, 11) is 2.17. The lowest BCUT2D eigenvalue weighted by molar-refractivity contribution is 0.395. The second-order valence-electron chi connectivity index (χ2n) is 7.92. The van der Waals surface area contributed by atoms with Gasteiger partial charge in [0.15, 0.2) is 0 Å². The van der Waals surface area contributed by atoms with Gasteiger partial charge in [-0.25, -0.2) is 0 Å². The number of nitrogens with zero attached hydrogens (tertiary/aromatic N) is 2. The van der Waals surface area contributed by atoms with Crippen LogP contribution in [0, 0.1) is 18.3 Å². The molecule has 3 rings (SSSR count). The zero-order valence-electron chi connectivity index (χ0n) is 16.1. The molecule has 0 saturated heterocycles. The van der Waals surface area contributed by atoms with Gasteiger partial charge in [0.2, 0.25) is 0 Å². The highest BCUT2D eigenvalue weighted by atomic mass is 35.5. The van der Waals surface area contributed by atoms with E-state index in [-0.39, 0.29) is 5.54 Å². The van der Waals surface area contributed by atoms with Crippen molar-refractivity contribution >= 4 is 28.9 Å². The van der Waals surface area contributed by atoms with Crippen molar-refractivity contribution in [2.75, 3.05) is 11.9 Å². The second-order valence-corrected chi connectivity index (χ2v) is 8.36. The van der Waals surface area contributed by atoms with E-state index in [1.165, 1.54) is 16.8 Å². The van der Waals surface area contributed by atoms with Gasteiger partial charge in [-0.1, -0.05) is 30.7 Å². The fourth-order valence-electron chi connectivity index (χ4n) is 3.86. The standard InChI is InChI=1S/C23H25ClN2/c1-15-10-22-21(16(2)13-23(3,4)26(22)5)12-18(15)11-19(14-25)17-6-8-20(24)9-7-17/h6-12,16H,13H2,1-5H3/b19-11-/t16-/m0/s1. The van der Waals surface area contributed by atoms with Gasteiger partial charge < -0.3 is 4.90 Å². The van der Waals surface area contributed by atoms with E-state index < -0.39 is 0 Å². The van der Waals surface area contributed by atoms with Gasteiger partial charge in [0, 0.05) is 23.3 Å². The van der Waals surface area contributed by atoms with Crippen LogP contribution in [0.25, 0.3) is 11.6 Å². The molecule has 2 nitrogen and oxygen atoms in total. The molecular weight excluding hydrogens is 340 g/mol. The minimum Gasteiger partial charge on any atom is -0.369 e. The summed E-state index contributed by atoms with van der Waals surface area (Å²) in [6.45, 7) is 9.00. The van der Waals surface area contributed by atoms with E-state index in [9.17, 15) is 5.26 Å². The fraction of sp³-hybridized carbons (Fsp3) is 0.348. The van der Waals surface area contributed by atoms with Gasteiger partial charge in [-0.3, -0.25) is 0 Å². The zero-order chi connectivity index (χ0) is 19.1. The van der Waals surface area contributed by atoms with Crippen molar-refractivity contribution in [2.45, 2.75) is 45.6 Å². The zero-order valence-corrected chi connectivity index (χ0v) is 16.9. The Balaban J connectivity index is 2.08. The van der Waals surface area contributed by atoms with Gasteiger partial charge in [0.05, 0.1) is 11.6 Å². The Morgan fingerprint density at radius 2 is 1.92 bits per heavy atom. The van der Waals surface area contributed by atoms with Gasteiger partial charge in [0.1, 0.15) is 0 Å². The van der Waals surface area contributed by atoms with E-state index in [0.29, 0.717) is 16.5 Å². The highest BCUT2D eigenvalue weighted by molar-refractivity contribution is 6.30. The molecule has 0 fully saturated rings. The van der Waals surface area contributed by atoms with Gasteiger partial charge in [-0.05, 0) is 85.7 Å². The minimum absolute atomic E-state index is 0.150. The number of rotatable bonds is 2. The third kappa shape index (κ3) is 3.37. The topological polar surface area (TPSA) is 27.0 Å². The largest absolute Gasteiger partial charge is 0.369 e. The van der Waals surface area contributed by atoms with E-state index in [4.69, 9.17) is 11.6 Å². The second kappa shape index (κ2) is 6.82. The smallest absolute Gasteiger partial charge is 0.0998 e. The monoisotopic (exact) mass is 364 g/mol. The average Bonchev–Trinajstić information content (AvgIpc) is 2.59. The van der Waals surface area contributed by atoms with Crippen molar-refractivity contribution in [1.82, 2.24) is 0 Å². The molecule has 26 heavy (non-hydrogen) atoms. The quantitative estimate of drug-likeness (QED) is 0.453. The fourth-order valence-corrected chi connectivity index (χ4v) is 3.98. The summed E-state index contributed by atoms with van der Waals surface area (Å²) in [6.07, 6.45) is 3.11. The van der Waals surface area contributed by atoms with Crippen molar-refractivity contribution < 1.29 is 0 Å². The molecule has 0 unspecified atom stereocenters. The number of fused-ring (bicyclic) bond motifs is 1. The maximum absolute atomic E-state index is 9.64. The molecule has 2 aromatic rings. The van der Waals surface area contributed by atoms with Crippen molar-refractivity contribution in [1.29, 1.82) is 5.26 Å². The van der Waals surface area contributed by atoms with Gasteiger partial charge >= 0.3 is 0 Å². The lowest BCUT2D eigenvalue weighted by Crippen LogP contribution is -2.45. The molecule has 0 aromatic heterocycles. The van der Waals surface area contributed by atoms with Crippen molar-refractivity contribution in [2.24, 2.45) is 0 Å². The number of hydrogen-bond acceptors (Lipinski definition) is 2. The maximum atomic E-state index is 9.64. The van der Waals surface area contributed by atoms with E-state index in [0.717, 1.165) is 17.5 Å². The highest BCUT2D eigenvalue weighted by Crippen LogP contribution is 2.43. The van der Waals surface area contributed by atoms with E-state index in [1.54, 1.807) is 0 Å². The van der Waals surface area contributed by atoms with Crippen LogP contribution < -0.4 is 4.90 Å². The molecular formula is C23H25ClN2. The summed E-state index contributed by atoms with van der Waals surface area (Å²) in [6, 6.07) is 14.3. The lowest BCUT2D eigenvalue weighted by atomic mass is 9.79. The van der Waals surface area contributed by atoms with Crippen molar-refractivity contribution in [3.05, 3.63) is 63.7 Å². The average molecular weight is 365 g/mol. The van der Waals surface area contributed by atoms with Gasteiger partial charge in [0.25, 0.3) is 0 Å². The Labute approximate surface area is 161 Å². The Bertz CT molecular complexity index is 901. The van der Waals surface area contributed by atoms with Gasteiger partial charge in [-0.2, -0.15) is 5.26 Å². The molecule has 0 saturated carbocycles. The summed E-state index contributed by atoms with van der Waals surface area (Å²) < 4.78 is 0. The third-order valence-corrected chi connectivity index (χ3v) is 5.85. The molecule has 0 bridgehead atoms. The molecule has 1 aliphatic heterocycles. The molecule has 0 spiro atoms. The molecule has 0 radical (unpaired) electrons. The summed E-state index contributed by atoms with van der Waals surface area (Å²) in [5, 5.41) is 10.3. The van der Waals surface area contributed by atoms with Crippen LogP contribution in [-0.4, -0.2) is 12.6 Å². The molecule has 3 heteroatoms. The molecule has 0 aliphatic carbocycles. The van der Waals surface area contributed by atoms with Crippen LogP contribution in [0.1, 0.15) is 55.4 Å². The number of halogens is 1. The Morgan fingerprint density at radius 1 is 1.27 bits per heavy atom. The normalized spacial score (nSPS) is 19.0. The van der Waals surface area contributed by atoms with E-state index in [1.807, 2.05) is 30.3 Å². The SMILES string of the molecule is Cc1cc2c(cc1/C=C(/C#N)c1ccc(Cl)cc1)[C@@H](C)CC(C)(C)N2C. The Kier molecular flexibility index (Phi) is 4.86. The van der Waals surface area contributed by atoms with Crippen LogP contribution in [0.2, 0.25) is 5.02 Å². The predicted molar refractivity (Wildman–Crippen MR) is 112 cm³/mol. The number of anilines is 1. The van der Waals surface area contributed by atoms with E-state index in [2.05, 4.69) is 57.8 Å². The van der Waals surface area contributed by atoms with Crippen LogP contribution in [0.15, 0.2) is 36.4 Å². The molecule has 0 N–H and O–H groups in total. The summed E-state index contributed by atoms with van der Waals surface area (Å²) >= 11 is 5.97. The lowest BCUT2D eigenvalue weighted by Gasteiger charge is -2.45. The number of nitriles is 1. The van der Waals surface area contributed by atoms with Crippen molar-refractivity contribution in [3.8, 4) is 6.07 Å². The highest BCUT2D eigenvalue weighted by Gasteiger charge is 2.34. The van der Waals surface area contributed by atoms with Crippen LogP contribution in [0.3, 0.4) is 0 Å². The molecule has 1 heterocycles. The Morgan fingerprint density at radius 3 is 2.54 bits per heavy atom. The first-order valence-corrected chi connectivity index (χ1v) is 9.37. The Hall–Kier alpha value is -2.24. The van der Waals surface area contributed by atoms with Crippen LogP contribution in [0.5, 0.6) is 0 Å². The van der Waals surface area contributed by atoms with Gasteiger partial charge in [-0.15, -0.1) is 0 Å². The summed E-state index contributed by atoms with van der Waals surface area (Å²) in [4.78, 5) is 2.38. The third-order valence-electron chi connectivity index (χ3n) is 5.60. The summed E-state index contributed by atoms with van der Waals surface area (Å²) in [5.41, 5.74) is 6.64. The first kappa shape index (κ1) is 18.5. The molecule has 1 atom stereocenters.